The van der Waals surface area contributed by atoms with Crippen LogP contribution in [0.15, 0.2) is 16.7 Å². The monoisotopic (exact) mass is 364 g/mol. The van der Waals surface area contributed by atoms with Crippen LogP contribution in [0.4, 0.5) is 0 Å². The number of hydrogen-bond acceptors (Lipinski definition) is 4. The zero-order valence-corrected chi connectivity index (χ0v) is 13.4. The Morgan fingerprint density at radius 2 is 2.32 bits per heavy atom. The highest BCUT2D eigenvalue weighted by atomic mass is 79.9. The number of pyridine rings is 1. The summed E-state index contributed by atoms with van der Waals surface area (Å²) in [6.07, 6.45) is 3.49. The SMILES string of the molecule is CS(=O)(=O)NCCCn1c(=S)[nH]c2cc(Br)cnc21. The number of H-pyrrole nitrogens is 1. The molecular weight excluding hydrogens is 352 g/mol. The molecule has 0 bridgehead atoms. The van der Waals surface area contributed by atoms with Gasteiger partial charge in [0, 0.05) is 23.8 Å². The highest BCUT2D eigenvalue weighted by Crippen LogP contribution is 2.17. The summed E-state index contributed by atoms with van der Waals surface area (Å²) in [4.78, 5) is 7.38. The normalized spacial score (nSPS) is 12.1. The molecule has 0 saturated carbocycles. The van der Waals surface area contributed by atoms with Crippen LogP contribution >= 0.6 is 28.1 Å². The number of hydrogen-bond donors (Lipinski definition) is 2. The number of nitrogens with one attached hydrogen (secondary N) is 2. The highest BCUT2D eigenvalue weighted by molar-refractivity contribution is 9.10. The standard InChI is InChI=1S/C10H13BrN4O2S2/c1-19(16,17)13-3-2-4-15-9-8(14-10(15)18)5-7(11)6-12-9/h5-6,13H,2-4H2,1H3,(H,14,18). The zero-order valence-electron chi connectivity index (χ0n) is 10.2. The number of rotatable bonds is 5. The van der Waals surface area contributed by atoms with Crippen LogP contribution < -0.4 is 4.72 Å². The molecule has 2 rings (SSSR count). The second-order valence-corrected chi connectivity index (χ2v) is 7.26. The number of nitrogens with zero attached hydrogens (tertiary/aromatic N) is 2. The molecule has 104 valence electrons. The van der Waals surface area contributed by atoms with Gasteiger partial charge in [-0.1, -0.05) is 0 Å². The van der Waals surface area contributed by atoms with E-state index in [4.69, 9.17) is 12.2 Å². The van der Waals surface area contributed by atoms with Crippen molar-refractivity contribution in [2.75, 3.05) is 12.8 Å². The Balaban J connectivity index is 2.13. The summed E-state index contributed by atoms with van der Waals surface area (Å²) >= 11 is 8.58. The second kappa shape index (κ2) is 5.70. The second-order valence-electron chi connectivity index (χ2n) is 4.13. The first-order valence-electron chi connectivity index (χ1n) is 5.55. The van der Waals surface area contributed by atoms with E-state index < -0.39 is 10.0 Å². The fourth-order valence-corrected chi connectivity index (χ4v) is 2.85. The van der Waals surface area contributed by atoms with Gasteiger partial charge in [0.05, 0.1) is 11.8 Å². The summed E-state index contributed by atoms with van der Waals surface area (Å²) < 4.78 is 27.7. The van der Waals surface area contributed by atoms with Crippen molar-refractivity contribution >= 4 is 49.3 Å². The van der Waals surface area contributed by atoms with E-state index in [0.717, 1.165) is 21.9 Å². The van der Waals surface area contributed by atoms with Crippen molar-refractivity contribution in [3.63, 3.8) is 0 Å². The van der Waals surface area contributed by atoms with Crippen molar-refractivity contribution in [1.82, 2.24) is 19.3 Å². The molecule has 0 aliphatic carbocycles. The minimum atomic E-state index is -3.14. The Morgan fingerprint density at radius 3 is 3.00 bits per heavy atom. The van der Waals surface area contributed by atoms with Gasteiger partial charge in [-0.05, 0) is 40.6 Å². The molecule has 0 saturated heterocycles. The third-order valence-electron chi connectivity index (χ3n) is 2.50. The lowest BCUT2D eigenvalue weighted by atomic mass is 10.4. The molecule has 0 unspecified atom stereocenters. The third-order valence-corrected chi connectivity index (χ3v) is 3.98. The first-order chi connectivity index (χ1) is 8.87. The molecule has 0 atom stereocenters. The van der Waals surface area contributed by atoms with Gasteiger partial charge in [-0.15, -0.1) is 0 Å². The van der Waals surface area contributed by atoms with E-state index in [1.54, 1.807) is 6.20 Å². The Labute approximate surface area is 124 Å². The summed E-state index contributed by atoms with van der Waals surface area (Å²) in [6, 6.07) is 1.91. The van der Waals surface area contributed by atoms with Crippen LogP contribution in [-0.4, -0.2) is 35.8 Å². The summed E-state index contributed by atoms with van der Waals surface area (Å²) in [5.41, 5.74) is 1.63. The van der Waals surface area contributed by atoms with Gasteiger partial charge in [0.2, 0.25) is 10.0 Å². The number of halogens is 1. The molecule has 0 radical (unpaired) electrons. The lowest BCUT2D eigenvalue weighted by Crippen LogP contribution is -2.23. The van der Waals surface area contributed by atoms with Gasteiger partial charge in [-0.25, -0.2) is 18.1 Å². The molecule has 2 aromatic heterocycles. The smallest absolute Gasteiger partial charge is 0.208 e. The molecule has 6 nitrogen and oxygen atoms in total. The molecule has 19 heavy (non-hydrogen) atoms. The van der Waals surface area contributed by atoms with Crippen molar-refractivity contribution < 1.29 is 8.42 Å². The minimum absolute atomic E-state index is 0.379. The average molecular weight is 365 g/mol. The maximum Gasteiger partial charge on any atom is 0.208 e. The Hall–Kier alpha value is -0.770. The molecule has 2 N–H and O–H groups in total. The van der Waals surface area contributed by atoms with E-state index in [-0.39, 0.29) is 0 Å². The van der Waals surface area contributed by atoms with E-state index in [2.05, 4.69) is 30.6 Å². The molecule has 0 aliphatic heterocycles. The number of aromatic nitrogens is 3. The topological polar surface area (TPSA) is 79.8 Å². The maximum absolute atomic E-state index is 10.9. The van der Waals surface area contributed by atoms with Crippen molar-refractivity contribution in [3.8, 4) is 0 Å². The zero-order chi connectivity index (χ0) is 14.0. The molecule has 0 fully saturated rings. The Bertz CT molecular complexity index is 750. The van der Waals surface area contributed by atoms with Crippen molar-refractivity contribution in [1.29, 1.82) is 0 Å². The Kier molecular flexibility index (Phi) is 4.39. The number of aromatic amines is 1. The van der Waals surface area contributed by atoms with E-state index in [9.17, 15) is 8.42 Å². The summed E-state index contributed by atoms with van der Waals surface area (Å²) in [6.45, 7) is 0.986. The van der Waals surface area contributed by atoms with Crippen LogP contribution in [0, 0.1) is 4.77 Å². The van der Waals surface area contributed by atoms with Crippen LogP contribution in [-0.2, 0) is 16.6 Å². The van der Waals surface area contributed by atoms with Crippen molar-refractivity contribution in [3.05, 3.63) is 21.5 Å². The predicted octanol–water partition coefficient (Wildman–Crippen LogP) is 1.80. The fraction of sp³-hybridized carbons (Fsp3) is 0.400. The van der Waals surface area contributed by atoms with E-state index in [1.807, 2.05) is 10.6 Å². The van der Waals surface area contributed by atoms with Gasteiger partial charge < -0.3 is 9.55 Å². The summed E-state index contributed by atoms with van der Waals surface area (Å²) in [5.74, 6) is 0. The van der Waals surface area contributed by atoms with E-state index in [0.29, 0.717) is 24.3 Å². The molecule has 2 aromatic rings. The summed E-state index contributed by atoms with van der Waals surface area (Å²) in [7, 11) is -3.14. The largest absolute Gasteiger partial charge is 0.329 e. The number of imidazole rings is 1. The highest BCUT2D eigenvalue weighted by Gasteiger charge is 2.06. The van der Waals surface area contributed by atoms with Crippen LogP contribution in [0.2, 0.25) is 0 Å². The summed E-state index contributed by atoms with van der Waals surface area (Å²) in [5, 5.41) is 0. The van der Waals surface area contributed by atoms with Crippen LogP contribution in [0.1, 0.15) is 6.42 Å². The van der Waals surface area contributed by atoms with Gasteiger partial charge in [0.1, 0.15) is 0 Å². The van der Waals surface area contributed by atoms with Gasteiger partial charge in [-0.3, -0.25) is 0 Å². The van der Waals surface area contributed by atoms with Gasteiger partial charge >= 0.3 is 0 Å². The van der Waals surface area contributed by atoms with Gasteiger partial charge in [-0.2, -0.15) is 0 Å². The van der Waals surface area contributed by atoms with Gasteiger partial charge in [0.15, 0.2) is 10.4 Å². The first-order valence-corrected chi connectivity index (χ1v) is 8.65. The van der Waals surface area contributed by atoms with E-state index >= 15 is 0 Å². The first kappa shape index (κ1) is 14.6. The molecule has 0 aromatic carbocycles. The van der Waals surface area contributed by atoms with Crippen molar-refractivity contribution in [2.24, 2.45) is 0 Å². The lowest BCUT2D eigenvalue weighted by molar-refractivity contribution is 0.576. The molecule has 9 heteroatoms. The molecule has 2 heterocycles. The van der Waals surface area contributed by atoms with Crippen LogP contribution in [0.3, 0.4) is 0 Å². The predicted molar refractivity (Wildman–Crippen MR) is 80.1 cm³/mol. The van der Waals surface area contributed by atoms with Crippen LogP contribution in [0.5, 0.6) is 0 Å². The van der Waals surface area contributed by atoms with Gasteiger partial charge in [0.25, 0.3) is 0 Å². The van der Waals surface area contributed by atoms with Crippen molar-refractivity contribution in [2.45, 2.75) is 13.0 Å². The minimum Gasteiger partial charge on any atom is -0.329 e. The average Bonchev–Trinajstić information content (AvgIpc) is 2.58. The third kappa shape index (κ3) is 3.85. The number of sulfonamides is 1. The fourth-order valence-electron chi connectivity index (χ4n) is 1.72. The molecule has 0 spiro atoms. The van der Waals surface area contributed by atoms with E-state index in [1.165, 1.54) is 0 Å². The molecule has 0 aliphatic rings. The molecular formula is C10H13BrN4O2S2. The Morgan fingerprint density at radius 1 is 1.58 bits per heavy atom. The van der Waals surface area contributed by atoms with Crippen LogP contribution in [0.25, 0.3) is 11.2 Å². The number of fused-ring (bicyclic) bond motifs is 1. The molecule has 0 amide bonds. The lowest BCUT2D eigenvalue weighted by Gasteiger charge is -2.04. The maximum atomic E-state index is 10.9. The number of aryl methyl sites for hydroxylation is 1. The quantitative estimate of drug-likeness (QED) is 0.626.